The average molecular weight is 497 g/mol. The van der Waals surface area contributed by atoms with Crippen molar-refractivity contribution in [1.29, 1.82) is 0 Å². The zero-order valence-electron chi connectivity index (χ0n) is 20.9. The molecule has 0 aliphatic heterocycles. The van der Waals surface area contributed by atoms with Gasteiger partial charge >= 0.3 is 0 Å². The number of nitrogen functional groups attached to an aromatic ring is 2. The van der Waals surface area contributed by atoms with Crippen molar-refractivity contribution < 1.29 is 4.79 Å². The molecule has 5 rings (SSSR count). The lowest BCUT2D eigenvalue weighted by atomic mass is 10.1. The molecule has 0 saturated carbocycles. The Labute approximate surface area is 213 Å². The number of rotatable bonds is 7. The minimum absolute atomic E-state index is 0.0358. The minimum atomic E-state index is -0.242. The second-order valence-electron chi connectivity index (χ2n) is 8.72. The van der Waals surface area contributed by atoms with E-state index in [9.17, 15) is 4.79 Å². The zero-order chi connectivity index (χ0) is 26.1. The maximum atomic E-state index is 13.3. The van der Waals surface area contributed by atoms with Crippen molar-refractivity contribution in [1.82, 2.24) is 29.3 Å². The van der Waals surface area contributed by atoms with E-state index in [0.29, 0.717) is 40.9 Å². The SMILES string of the molecule is CCn1nc(C)cc1NC(=O)Cn1c(-c2ccccc2C)nc2c(Nc3ccc(N)cc3)nc(N)nc21. The number of fused-ring (bicyclic) bond motifs is 1. The number of aromatic nitrogens is 6. The van der Waals surface area contributed by atoms with Crippen LogP contribution < -0.4 is 22.1 Å². The van der Waals surface area contributed by atoms with Gasteiger partial charge in [0.05, 0.1) is 5.69 Å². The van der Waals surface area contributed by atoms with E-state index in [1.807, 2.05) is 63.2 Å². The van der Waals surface area contributed by atoms with Crippen molar-refractivity contribution in [3.63, 3.8) is 0 Å². The maximum Gasteiger partial charge on any atom is 0.245 e. The molecular weight excluding hydrogens is 468 g/mol. The monoisotopic (exact) mass is 496 g/mol. The molecule has 1 amide bonds. The van der Waals surface area contributed by atoms with Crippen molar-refractivity contribution in [3.8, 4) is 11.4 Å². The molecule has 3 aromatic heterocycles. The number of carbonyl (C=O) groups is 1. The lowest BCUT2D eigenvalue weighted by Gasteiger charge is -2.12. The first kappa shape index (κ1) is 23.8. The molecule has 188 valence electrons. The predicted octanol–water partition coefficient (Wildman–Crippen LogP) is 3.87. The number of amides is 1. The summed E-state index contributed by atoms with van der Waals surface area (Å²) < 4.78 is 3.51. The summed E-state index contributed by atoms with van der Waals surface area (Å²) in [6.07, 6.45) is 0. The normalized spacial score (nSPS) is 11.1. The molecule has 0 atom stereocenters. The van der Waals surface area contributed by atoms with Crippen molar-refractivity contribution >= 4 is 46.0 Å². The van der Waals surface area contributed by atoms with E-state index < -0.39 is 0 Å². The molecule has 5 aromatic rings. The number of benzene rings is 2. The summed E-state index contributed by atoms with van der Waals surface area (Å²) in [5, 5.41) is 10.6. The van der Waals surface area contributed by atoms with Crippen LogP contribution in [0.4, 0.5) is 29.0 Å². The van der Waals surface area contributed by atoms with Gasteiger partial charge in [-0.05, 0) is 50.6 Å². The third kappa shape index (κ3) is 4.79. The minimum Gasteiger partial charge on any atom is -0.399 e. The Hall–Kier alpha value is -4.93. The number of hydrogen-bond donors (Lipinski definition) is 4. The summed E-state index contributed by atoms with van der Waals surface area (Å²) in [4.78, 5) is 27.0. The molecule has 11 nitrogen and oxygen atoms in total. The van der Waals surface area contributed by atoms with Crippen LogP contribution in [0.15, 0.2) is 54.6 Å². The number of anilines is 5. The molecule has 0 fully saturated rings. The Bertz CT molecular complexity index is 1600. The Morgan fingerprint density at radius 1 is 1.00 bits per heavy atom. The van der Waals surface area contributed by atoms with E-state index in [4.69, 9.17) is 16.5 Å². The van der Waals surface area contributed by atoms with Gasteiger partial charge in [-0.25, -0.2) is 9.67 Å². The fourth-order valence-corrected chi connectivity index (χ4v) is 4.20. The standard InChI is InChI=1S/C26H28N10O/c1-4-36-20(13-16(3)34-36)30-21(37)14-35-24(19-8-6-5-7-15(19)2)31-22-23(32-26(28)33-25(22)35)29-18-11-9-17(27)10-12-18/h5-13H,4,14,27H2,1-3H3,(H,30,37)(H3,28,29,32,33). The van der Waals surface area contributed by atoms with Gasteiger partial charge in [-0.1, -0.05) is 24.3 Å². The van der Waals surface area contributed by atoms with Gasteiger partial charge in [-0.15, -0.1) is 0 Å². The van der Waals surface area contributed by atoms with Crippen LogP contribution in [-0.4, -0.2) is 35.2 Å². The molecule has 0 unspecified atom stereocenters. The Morgan fingerprint density at radius 2 is 1.76 bits per heavy atom. The fraction of sp³-hybridized carbons (Fsp3) is 0.192. The fourth-order valence-electron chi connectivity index (χ4n) is 4.20. The van der Waals surface area contributed by atoms with Gasteiger partial charge in [0.2, 0.25) is 11.9 Å². The molecule has 0 aliphatic carbocycles. The third-order valence-corrected chi connectivity index (χ3v) is 5.94. The number of hydrogen-bond acceptors (Lipinski definition) is 8. The van der Waals surface area contributed by atoms with E-state index in [1.54, 1.807) is 21.4 Å². The van der Waals surface area contributed by atoms with Crippen LogP contribution in [0.1, 0.15) is 18.2 Å². The predicted molar refractivity (Wildman–Crippen MR) is 145 cm³/mol. The molecule has 0 bridgehead atoms. The number of nitrogens with one attached hydrogen (secondary N) is 2. The van der Waals surface area contributed by atoms with Gasteiger partial charge in [-0.3, -0.25) is 9.36 Å². The van der Waals surface area contributed by atoms with Gasteiger partial charge in [0.25, 0.3) is 0 Å². The molecule has 3 heterocycles. The van der Waals surface area contributed by atoms with Gasteiger partial charge in [0, 0.05) is 29.5 Å². The summed E-state index contributed by atoms with van der Waals surface area (Å²) in [7, 11) is 0. The van der Waals surface area contributed by atoms with E-state index >= 15 is 0 Å². The molecular formula is C26H28N10O. The highest BCUT2D eigenvalue weighted by atomic mass is 16.2. The first-order valence-corrected chi connectivity index (χ1v) is 11.9. The first-order chi connectivity index (χ1) is 17.8. The lowest BCUT2D eigenvalue weighted by Crippen LogP contribution is -2.21. The van der Waals surface area contributed by atoms with Crippen molar-refractivity contribution in [2.75, 3.05) is 22.1 Å². The molecule has 6 N–H and O–H groups in total. The average Bonchev–Trinajstić information content (AvgIpc) is 3.40. The highest BCUT2D eigenvalue weighted by Gasteiger charge is 2.22. The third-order valence-electron chi connectivity index (χ3n) is 5.94. The Morgan fingerprint density at radius 3 is 2.49 bits per heavy atom. The summed E-state index contributed by atoms with van der Waals surface area (Å²) in [6.45, 7) is 6.45. The molecule has 0 radical (unpaired) electrons. The van der Waals surface area contributed by atoms with Crippen LogP contribution in [0.2, 0.25) is 0 Å². The molecule has 2 aromatic carbocycles. The highest BCUT2D eigenvalue weighted by Crippen LogP contribution is 2.31. The largest absolute Gasteiger partial charge is 0.399 e. The number of nitrogens with zero attached hydrogens (tertiary/aromatic N) is 6. The number of imidazole rings is 1. The van der Waals surface area contributed by atoms with Gasteiger partial charge < -0.3 is 22.1 Å². The number of aryl methyl sites for hydroxylation is 3. The van der Waals surface area contributed by atoms with Crippen LogP contribution in [0.3, 0.4) is 0 Å². The zero-order valence-corrected chi connectivity index (χ0v) is 20.9. The number of nitrogens with two attached hydrogens (primary N) is 2. The summed E-state index contributed by atoms with van der Waals surface area (Å²) in [5.74, 6) is 1.47. The van der Waals surface area contributed by atoms with E-state index in [2.05, 4.69) is 25.7 Å². The smallest absolute Gasteiger partial charge is 0.245 e. The summed E-state index contributed by atoms with van der Waals surface area (Å²) in [6, 6.07) is 16.9. The van der Waals surface area contributed by atoms with Crippen molar-refractivity contribution in [2.24, 2.45) is 0 Å². The van der Waals surface area contributed by atoms with Crippen molar-refractivity contribution in [3.05, 3.63) is 65.9 Å². The second kappa shape index (κ2) is 9.61. The van der Waals surface area contributed by atoms with E-state index in [1.165, 1.54) is 0 Å². The second-order valence-corrected chi connectivity index (χ2v) is 8.72. The van der Waals surface area contributed by atoms with Crippen LogP contribution in [0.25, 0.3) is 22.6 Å². The maximum absolute atomic E-state index is 13.3. The topological polar surface area (TPSA) is 155 Å². The van der Waals surface area contributed by atoms with E-state index in [0.717, 1.165) is 22.5 Å². The quantitative estimate of drug-likeness (QED) is 0.248. The highest BCUT2D eigenvalue weighted by molar-refractivity contribution is 5.94. The Kier molecular flexibility index (Phi) is 6.18. The van der Waals surface area contributed by atoms with Gasteiger partial charge in [-0.2, -0.15) is 15.1 Å². The molecule has 0 saturated heterocycles. The van der Waals surface area contributed by atoms with Gasteiger partial charge in [0.15, 0.2) is 17.0 Å². The van der Waals surface area contributed by atoms with Crippen molar-refractivity contribution in [2.45, 2.75) is 33.9 Å². The molecule has 37 heavy (non-hydrogen) atoms. The summed E-state index contributed by atoms with van der Waals surface area (Å²) >= 11 is 0. The first-order valence-electron chi connectivity index (χ1n) is 11.9. The van der Waals surface area contributed by atoms with Gasteiger partial charge in [0.1, 0.15) is 18.2 Å². The summed E-state index contributed by atoms with van der Waals surface area (Å²) in [5.41, 5.74) is 17.0. The van der Waals surface area contributed by atoms with Crippen LogP contribution in [-0.2, 0) is 17.9 Å². The number of carbonyl (C=O) groups excluding carboxylic acids is 1. The lowest BCUT2D eigenvalue weighted by molar-refractivity contribution is -0.116. The Balaban J connectivity index is 1.61. The molecule has 11 heteroatoms. The van der Waals surface area contributed by atoms with Crippen LogP contribution in [0, 0.1) is 13.8 Å². The molecule has 0 spiro atoms. The molecule has 0 aliphatic rings. The van der Waals surface area contributed by atoms with Crippen LogP contribution >= 0.6 is 0 Å². The van der Waals surface area contributed by atoms with E-state index in [-0.39, 0.29) is 18.4 Å². The van der Waals surface area contributed by atoms with Crippen LogP contribution in [0.5, 0.6) is 0 Å².